The quantitative estimate of drug-likeness (QED) is 0.918. The summed E-state index contributed by atoms with van der Waals surface area (Å²) >= 11 is 0. The first-order chi connectivity index (χ1) is 11.8. The van der Waals surface area contributed by atoms with Gasteiger partial charge in [0.1, 0.15) is 12.0 Å². The number of methoxy groups -OCH3 is 1. The lowest BCUT2D eigenvalue weighted by Crippen LogP contribution is -2.40. The monoisotopic (exact) mass is 326 g/mol. The van der Waals surface area contributed by atoms with Crippen molar-refractivity contribution in [2.75, 3.05) is 13.7 Å². The number of likely N-dealkylation sites (tertiary alicyclic amines) is 1. The Bertz CT molecular complexity index is 709. The molecule has 1 amide bonds. The maximum atomic E-state index is 12.4. The Morgan fingerprint density at radius 1 is 1.29 bits per heavy atom. The van der Waals surface area contributed by atoms with Crippen molar-refractivity contribution in [1.82, 2.24) is 10.2 Å². The first kappa shape index (κ1) is 15.3. The second-order valence-electron chi connectivity index (χ2n) is 6.57. The topological polar surface area (TPSA) is 54.7 Å². The Morgan fingerprint density at radius 2 is 2.17 bits per heavy atom. The molecular weight excluding hydrogens is 304 g/mol. The molecule has 1 aromatic carbocycles. The molecule has 0 spiro atoms. The molecule has 5 heteroatoms. The predicted octanol–water partition coefficient (Wildman–Crippen LogP) is 3.00. The molecule has 2 aromatic rings. The normalized spacial score (nSPS) is 24.0. The van der Waals surface area contributed by atoms with Gasteiger partial charge in [-0.15, -0.1) is 0 Å². The van der Waals surface area contributed by atoms with Crippen LogP contribution >= 0.6 is 0 Å². The Kier molecular flexibility index (Phi) is 4.02. The zero-order chi connectivity index (χ0) is 16.5. The molecule has 1 aromatic heterocycles. The smallest absolute Gasteiger partial charge is 0.254 e. The van der Waals surface area contributed by atoms with Crippen molar-refractivity contribution < 1.29 is 13.9 Å². The SMILES string of the molecule is COc1cccc([C@@H]2[C@H](NC(=O)c3ccoc3)CCN2C2CC2)c1. The van der Waals surface area contributed by atoms with Crippen LogP contribution < -0.4 is 10.1 Å². The van der Waals surface area contributed by atoms with E-state index in [2.05, 4.69) is 22.3 Å². The number of carbonyl (C=O) groups is 1. The number of furan rings is 1. The minimum atomic E-state index is -0.0701. The molecule has 2 aliphatic rings. The van der Waals surface area contributed by atoms with Crippen LogP contribution in [0.2, 0.25) is 0 Å². The highest BCUT2D eigenvalue weighted by Crippen LogP contribution is 2.41. The van der Waals surface area contributed by atoms with Crippen molar-refractivity contribution in [3.63, 3.8) is 0 Å². The lowest BCUT2D eigenvalue weighted by molar-refractivity contribution is 0.0923. The van der Waals surface area contributed by atoms with Crippen molar-refractivity contribution in [1.29, 1.82) is 0 Å². The zero-order valence-electron chi connectivity index (χ0n) is 13.8. The average Bonchev–Trinajstić information content (AvgIpc) is 3.14. The highest BCUT2D eigenvalue weighted by Gasteiger charge is 2.43. The van der Waals surface area contributed by atoms with Crippen molar-refractivity contribution in [2.24, 2.45) is 0 Å². The molecule has 0 bridgehead atoms. The Morgan fingerprint density at radius 3 is 2.88 bits per heavy atom. The number of nitrogens with one attached hydrogen (secondary N) is 1. The summed E-state index contributed by atoms with van der Waals surface area (Å²) in [4.78, 5) is 15.0. The predicted molar refractivity (Wildman–Crippen MR) is 90.0 cm³/mol. The van der Waals surface area contributed by atoms with Crippen LogP contribution in [0.3, 0.4) is 0 Å². The summed E-state index contributed by atoms with van der Waals surface area (Å²) in [5.74, 6) is 0.786. The van der Waals surface area contributed by atoms with Gasteiger partial charge in [0.25, 0.3) is 5.91 Å². The summed E-state index contributed by atoms with van der Waals surface area (Å²) in [5, 5.41) is 3.20. The number of rotatable bonds is 5. The molecule has 2 heterocycles. The molecule has 2 atom stereocenters. The van der Waals surface area contributed by atoms with E-state index in [9.17, 15) is 4.79 Å². The molecular formula is C19H22N2O3. The van der Waals surface area contributed by atoms with Gasteiger partial charge >= 0.3 is 0 Å². The van der Waals surface area contributed by atoms with Gasteiger partial charge in [0.05, 0.1) is 31.0 Å². The van der Waals surface area contributed by atoms with Crippen LogP contribution in [0.25, 0.3) is 0 Å². The standard InChI is InChI=1S/C19H22N2O3/c1-23-16-4-2-3-13(11-16)18-17(7-9-21(18)15-5-6-15)20-19(22)14-8-10-24-12-14/h2-4,8,10-12,15,17-18H,5-7,9H2,1H3,(H,20,22)/t17-,18-/m1/s1. The molecule has 1 N–H and O–H groups in total. The molecule has 2 fully saturated rings. The molecule has 1 saturated carbocycles. The third-order valence-electron chi connectivity index (χ3n) is 4.99. The first-order valence-electron chi connectivity index (χ1n) is 8.49. The molecule has 1 aliphatic heterocycles. The van der Waals surface area contributed by atoms with Gasteiger partial charge in [0.2, 0.25) is 0 Å². The average molecular weight is 326 g/mol. The maximum absolute atomic E-state index is 12.4. The maximum Gasteiger partial charge on any atom is 0.254 e. The Balaban J connectivity index is 1.59. The van der Waals surface area contributed by atoms with E-state index >= 15 is 0 Å². The number of hydrogen-bond acceptors (Lipinski definition) is 4. The molecule has 4 rings (SSSR count). The molecule has 0 unspecified atom stereocenters. The molecule has 0 radical (unpaired) electrons. The van der Waals surface area contributed by atoms with Crippen LogP contribution in [0.15, 0.2) is 47.3 Å². The summed E-state index contributed by atoms with van der Waals surface area (Å²) in [6.45, 7) is 1.02. The summed E-state index contributed by atoms with van der Waals surface area (Å²) in [6.07, 6.45) is 6.48. The number of hydrogen-bond donors (Lipinski definition) is 1. The zero-order valence-corrected chi connectivity index (χ0v) is 13.8. The summed E-state index contributed by atoms with van der Waals surface area (Å²) in [7, 11) is 1.69. The van der Waals surface area contributed by atoms with Crippen LogP contribution in [0.4, 0.5) is 0 Å². The van der Waals surface area contributed by atoms with Crippen LogP contribution in [0, 0.1) is 0 Å². The number of amides is 1. The van der Waals surface area contributed by atoms with Gasteiger partial charge in [0.15, 0.2) is 0 Å². The third-order valence-corrected chi connectivity index (χ3v) is 4.99. The van der Waals surface area contributed by atoms with E-state index in [-0.39, 0.29) is 18.0 Å². The fourth-order valence-corrected chi connectivity index (χ4v) is 3.68. The molecule has 1 aliphatic carbocycles. The molecule has 5 nitrogen and oxygen atoms in total. The second-order valence-corrected chi connectivity index (χ2v) is 6.57. The van der Waals surface area contributed by atoms with E-state index in [1.54, 1.807) is 13.2 Å². The Hall–Kier alpha value is -2.27. The van der Waals surface area contributed by atoms with E-state index in [0.29, 0.717) is 11.6 Å². The summed E-state index contributed by atoms with van der Waals surface area (Å²) < 4.78 is 10.4. The largest absolute Gasteiger partial charge is 0.497 e. The first-order valence-corrected chi connectivity index (χ1v) is 8.49. The highest BCUT2D eigenvalue weighted by molar-refractivity contribution is 5.94. The molecule has 126 valence electrons. The van der Waals surface area contributed by atoms with Crippen molar-refractivity contribution in [3.05, 3.63) is 54.0 Å². The van der Waals surface area contributed by atoms with Gasteiger partial charge in [-0.05, 0) is 43.0 Å². The minimum absolute atomic E-state index is 0.0701. The fourth-order valence-electron chi connectivity index (χ4n) is 3.68. The van der Waals surface area contributed by atoms with Crippen molar-refractivity contribution in [2.45, 2.75) is 37.4 Å². The van der Waals surface area contributed by atoms with E-state index in [1.807, 2.05) is 12.1 Å². The lowest BCUT2D eigenvalue weighted by atomic mass is 9.99. The van der Waals surface area contributed by atoms with Crippen LogP contribution in [-0.4, -0.2) is 36.5 Å². The highest BCUT2D eigenvalue weighted by atomic mass is 16.5. The van der Waals surface area contributed by atoms with Gasteiger partial charge < -0.3 is 14.5 Å². The van der Waals surface area contributed by atoms with Gasteiger partial charge in [-0.2, -0.15) is 0 Å². The Labute approximate surface area is 141 Å². The van der Waals surface area contributed by atoms with E-state index < -0.39 is 0 Å². The fraction of sp³-hybridized carbons (Fsp3) is 0.421. The number of nitrogens with zero attached hydrogens (tertiary/aromatic N) is 1. The van der Waals surface area contributed by atoms with Crippen LogP contribution in [-0.2, 0) is 0 Å². The van der Waals surface area contributed by atoms with E-state index in [1.165, 1.54) is 30.9 Å². The van der Waals surface area contributed by atoms with Crippen molar-refractivity contribution in [3.8, 4) is 5.75 Å². The van der Waals surface area contributed by atoms with E-state index in [4.69, 9.17) is 9.15 Å². The van der Waals surface area contributed by atoms with Gasteiger partial charge in [-0.3, -0.25) is 9.69 Å². The van der Waals surface area contributed by atoms with Crippen LogP contribution in [0.1, 0.15) is 41.2 Å². The van der Waals surface area contributed by atoms with Gasteiger partial charge in [-0.25, -0.2) is 0 Å². The lowest BCUT2D eigenvalue weighted by Gasteiger charge is -2.29. The molecule has 24 heavy (non-hydrogen) atoms. The summed E-state index contributed by atoms with van der Waals surface area (Å²) in [5.41, 5.74) is 1.78. The van der Waals surface area contributed by atoms with Gasteiger partial charge in [0, 0.05) is 12.6 Å². The van der Waals surface area contributed by atoms with Crippen molar-refractivity contribution >= 4 is 5.91 Å². The number of carbonyl (C=O) groups excluding carboxylic acids is 1. The number of ether oxygens (including phenoxy) is 1. The number of benzene rings is 1. The minimum Gasteiger partial charge on any atom is -0.497 e. The van der Waals surface area contributed by atoms with E-state index in [0.717, 1.165) is 18.7 Å². The third kappa shape index (κ3) is 2.91. The molecule has 1 saturated heterocycles. The second kappa shape index (κ2) is 6.32. The summed E-state index contributed by atoms with van der Waals surface area (Å²) in [6, 6.07) is 10.8. The van der Waals surface area contributed by atoms with Gasteiger partial charge in [-0.1, -0.05) is 12.1 Å². The van der Waals surface area contributed by atoms with Crippen LogP contribution in [0.5, 0.6) is 5.75 Å².